The van der Waals surface area contributed by atoms with Crippen molar-refractivity contribution in [3.8, 4) is 10.6 Å². The standard InChI is InChI=1S/C23H25N3OS/c27-22(9-8-21-17-28-23(25-21)20-7-4-12-24-16-20)26-13-10-19(11-14-26)15-18-5-2-1-3-6-18/h1-7,12,16-17,19H,8-11,13-15H2. The zero-order valence-electron chi connectivity index (χ0n) is 16.0. The summed E-state index contributed by atoms with van der Waals surface area (Å²) in [6, 6.07) is 14.6. The van der Waals surface area contributed by atoms with Crippen LogP contribution in [0.5, 0.6) is 0 Å². The molecule has 3 aromatic rings. The molecule has 1 fully saturated rings. The van der Waals surface area contributed by atoms with Crippen LogP contribution in [-0.4, -0.2) is 33.9 Å². The van der Waals surface area contributed by atoms with Gasteiger partial charge >= 0.3 is 0 Å². The Labute approximate surface area is 170 Å². The minimum absolute atomic E-state index is 0.258. The highest BCUT2D eigenvalue weighted by molar-refractivity contribution is 7.13. The number of hydrogen-bond acceptors (Lipinski definition) is 4. The van der Waals surface area contributed by atoms with Gasteiger partial charge in [0.1, 0.15) is 5.01 Å². The van der Waals surface area contributed by atoms with Gasteiger partial charge in [0.2, 0.25) is 5.91 Å². The fraction of sp³-hybridized carbons (Fsp3) is 0.348. The molecule has 28 heavy (non-hydrogen) atoms. The van der Waals surface area contributed by atoms with Crippen molar-refractivity contribution < 1.29 is 4.79 Å². The van der Waals surface area contributed by atoms with Gasteiger partial charge in [0.05, 0.1) is 5.69 Å². The SMILES string of the molecule is O=C(CCc1csc(-c2cccnc2)n1)N1CCC(Cc2ccccc2)CC1. The van der Waals surface area contributed by atoms with Crippen LogP contribution in [0.1, 0.15) is 30.5 Å². The molecule has 144 valence electrons. The summed E-state index contributed by atoms with van der Waals surface area (Å²) in [7, 11) is 0. The molecule has 4 rings (SSSR count). The molecule has 0 bridgehead atoms. The summed E-state index contributed by atoms with van der Waals surface area (Å²) in [6.07, 6.45) is 8.16. The zero-order chi connectivity index (χ0) is 19.2. The Bertz CT molecular complexity index is 886. The van der Waals surface area contributed by atoms with E-state index >= 15 is 0 Å². The fourth-order valence-electron chi connectivity index (χ4n) is 3.77. The first-order valence-corrected chi connectivity index (χ1v) is 10.8. The van der Waals surface area contributed by atoms with E-state index in [0.29, 0.717) is 18.8 Å². The van der Waals surface area contributed by atoms with E-state index < -0.39 is 0 Å². The van der Waals surface area contributed by atoms with E-state index in [0.717, 1.165) is 48.6 Å². The highest BCUT2D eigenvalue weighted by atomic mass is 32.1. The molecule has 1 saturated heterocycles. The van der Waals surface area contributed by atoms with Crippen molar-refractivity contribution in [2.24, 2.45) is 5.92 Å². The lowest BCUT2D eigenvalue weighted by molar-refractivity contribution is -0.132. The number of nitrogens with zero attached hydrogens (tertiary/aromatic N) is 3. The fourth-order valence-corrected chi connectivity index (χ4v) is 4.62. The minimum atomic E-state index is 0.258. The molecule has 1 aliphatic heterocycles. The number of hydrogen-bond donors (Lipinski definition) is 0. The average molecular weight is 392 g/mol. The molecule has 0 atom stereocenters. The Balaban J connectivity index is 1.23. The van der Waals surface area contributed by atoms with Crippen molar-refractivity contribution in [3.05, 3.63) is 71.5 Å². The number of piperidine rings is 1. The van der Waals surface area contributed by atoms with Gasteiger partial charge in [-0.3, -0.25) is 9.78 Å². The normalized spacial score (nSPS) is 14.9. The number of aryl methyl sites for hydroxylation is 1. The third-order valence-corrected chi connectivity index (χ3v) is 6.33. The summed E-state index contributed by atoms with van der Waals surface area (Å²) in [6.45, 7) is 1.77. The predicted octanol–water partition coefficient (Wildman–Crippen LogP) is 4.62. The van der Waals surface area contributed by atoms with Crippen LogP contribution in [0.4, 0.5) is 0 Å². The summed E-state index contributed by atoms with van der Waals surface area (Å²) in [5.41, 5.74) is 3.43. The van der Waals surface area contributed by atoms with Gasteiger partial charge in [0.25, 0.3) is 0 Å². The molecule has 0 saturated carbocycles. The van der Waals surface area contributed by atoms with Crippen LogP contribution in [0.25, 0.3) is 10.6 Å². The predicted molar refractivity (Wildman–Crippen MR) is 113 cm³/mol. The third kappa shape index (κ3) is 4.84. The first kappa shape index (κ1) is 18.8. The molecule has 5 heteroatoms. The molecule has 0 aliphatic carbocycles. The Kier molecular flexibility index (Phi) is 6.12. The molecular formula is C23H25N3OS. The maximum atomic E-state index is 12.6. The number of aromatic nitrogens is 2. The van der Waals surface area contributed by atoms with E-state index in [1.165, 1.54) is 5.56 Å². The quantitative estimate of drug-likeness (QED) is 0.616. The molecule has 4 nitrogen and oxygen atoms in total. The minimum Gasteiger partial charge on any atom is -0.343 e. The summed E-state index contributed by atoms with van der Waals surface area (Å²) in [5.74, 6) is 0.945. The summed E-state index contributed by atoms with van der Waals surface area (Å²) >= 11 is 1.62. The van der Waals surface area contributed by atoms with Crippen LogP contribution in [0.15, 0.2) is 60.2 Å². The number of amides is 1. The van der Waals surface area contributed by atoms with E-state index in [2.05, 4.69) is 45.7 Å². The molecule has 0 spiro atoms. The number of thiazole rings is 1. The number of likely N-dealkylation sites (tertiary alicyclic amines) is 1. The maximum absolute atomic E-state index is 12.6. The Morgan fingerprint density at radius 2 is 1.93 bits per heavy atom. The van der Waals surface area contributed by atoms with Crippen LogP contribution in [0.3, 0.4) is 0 Å². The van der Waals surface area contributed by atoms with Crippen LogP contribution in [0.2, 0.25) is 0 Å². The molecule has 0 unspecified atom stereocenters. The molecule has 1 aliphatic rings. The first-order valence-electron chi connectivity index (χ1n) is 9.94. The Morgan fingerprint density at radius 1 is 1.11 bits per heavy atom. The highest BCUT2D eigenvalue weighted by Crippen LogP contribution is 2.24. The number of rotatable bonds is 6. The van der Waals surface area contributed by atoms with E-state index in [-0.39, 0.29) is 5.91 Å². The van der Waals surface area contributed by atoms with Crippen molar-refractivity contribution in [2.45, 2.75) is 32.1 Å². The lowest BCUT2D eigenvalue weighted by Crippen LogP contribution is -2.39. The highest BCUT2D eigenvalue weighted by Gasteiger charge is 2.22. The monoisotopic (exact) mass is 391 g/mol. The van der Waals surface area contributed by atoms with Crippen molar-refractivity contribution in [3.63, 3.8) is 0 Å². The molecule has 0 radical (unpaired) electrons. The maximum Gasteiger partial charge on any atom is 0.222 e. The molecule has 1 amide bonds. The third-order valence-electron chi connectivity index (χ3n) is 5.39. The second-order valence-corrected chi connectivity index (χ2v) is 8.26. The summed E-state index contributed by atoms with van der Waals surface area (Å²) in [5, 5.41) is 3.03. The first-order chi connectivity index (χ1) is 13.8. The van der Waals surface area contributed by atoms with E-state index in [9.17, 15) is 4.79 Å². The summed E-state index contributed by atoms with van der Waals surface area (Å²) in [4.78, 5) is 23.5. The molecule has 0 N–H and O–H groups in total. The molecular weight excluding hydrogens is 366 g/mol. The van der Waals surface area contributed by atoms with Gasteiger partial charge in [-0.2, -0.15) is 0 Å². The van der Waals surface area contributed by atoms with Gasteiger partial charge in [-0.1, -0.05) is 30.3 Å². The molecule has 1 aromatic carbocycles. The van der Waals surface area contributed by atoms with E-state index in [1.54, 1.807) is 17.5 Å². The van der Waals surface area contributed by atoms with Crippen molar-refractivity contribution in [1.29, 1.82) is 0 Å². The smallest absolute Gasteiger partial charge is 0.222 e. The number of carbonyl (C=O) groups is 1. The van der Waals surface area contributed by atoms with Gasteiger partial charge in [-0.05, 0) is 49.3 Å². The lowest BCUT2D eigenvalue weighted by atomic mass is 9.90. The number of carbonyl (C=O) groups excluding carboxylic acids is 1. The average Bonchev–Trinajstić information content (AvgIpc) is 3.23. The van der Waals surface area contributed by atoms with E-state index in [1.807, 2.05) is 23.2 Å². The van der Waals surface area contributed by atoms with Crippen molar-refractivity contribution >= 4 is 17.2 Å². The second-order valence-electron chi connectivity index (χ2n) is 7.40. The van der Waals surface area contributed by atoms with E-state index in [4.69, 9.17) is 0 Å². The lowest BCUT2D eigenvalue weighted by Gasteiger charge is -2.32. The van der Waals surface area contributed by atoms with Crippen molar-refractivity contribution in [1.82, 2.24) is 14.9 Å². The van der Waals surface area contributed by atoms with Gasteiger partial charge in [0.15, 0.2) is 0 Å². The Hall–Kier alpha value is -2.53. The van der Waals surface area contributed by atoms with Crippen LogP contribution < -0.4 is 0 Å². The Morgan fingerprint density at radius 3 is 2.68 bits per heavy atom. The van der Waals surface area contributed by atoms with Gasteiger partial charge in [-0.25, -0.2) is 4.98 Å². The van der Waals surface area contributed by atoms with Gasteiger partial charge in [0, 0.05) is 42.8 Å². The largest absolute Gasteiger partial charge is 0.343 e. The molecule has 3 heterocycles. The zero-order valence-corrected chi connectivity index (χ0v) is 16.8. The van der Waals surface area contributed by atoms with Crippen LogP contribution in [0, 0.1) is 5.92 Å². The topological polar surface area (TPSA) is 46.1 Å². The van der Waals surface area contributed by atoms with Crippen molar-refractivity contribution in [2.75, 3.05) is 13.1 Å². The number of pyridine rings is 1. The van der Waals surface area contributed by atoms with Gasteiger partial charge in [-0.15, -0.1) is 11.3 Å². The van der Waals surface area contributed by atoms with Gasteiger partial charge < -0.3 is 4.90 Å². The van der Waals surface area contributed by atoms with Crippen LogP contribution in [-0.2, 0) is 17.6 Å². The summed E-state index contributed by atoms with van der Waals surface area (Å²) < 4.78 is 0. The van der Waals surface area contributed by atoms with Crippen LogP contribution >= 0.6 is 11.3 Å². The second kappa shape index (κ2) is 9.11. The number of benzene rings is 1. The molecule has 2 aromatic heterocycles.